The Labute approximate surface area is 200 Å². The van der Waals surface area contributed by atoms with Gasteiger partial charge >= 0.3 is 61.8 Å². The van der Waals surface area contributed by atoms with Crippen molar-refractivity contribution in [2.45, 2.75) is 96.8 Å². The Balaban J connectivity index is -0.00000264. The van der Waals surface area contributed by atoms with Gasteiger partial charge in [-0.1, -0.05) is 96.5 Å². The third-order valence-corrected chi connectivity index (χ3v) is 4.94. The van der Waals surface area contributed by atoms with Crippen molar-refractivity contribution in [3.05, 3.63) is 12.7 Å². The summed E-state index contributed by atoms with van der Waals surface area (Å²) in [6.07, 6.45) is 19.2. The maximum atomic E-state index is 11.2. The molecule has 0 saturated heterocycles. The minimum Gasteiger partial charge on any atom is -1.00 e. The van der Waals surface area contributed by atoms with Crippen LogP contribution in [0.3, 0.4) is 0 Å². The maximum absolute atomic E-state index is 11.2. The Kier molecular flexibility index (Phi) is 24.5. The summed E-state index contributed by atoms with van der Waals surface area (Å²) in [5.74, 6) is 0. The fraction of sp³-hybridized carbons (Fsp3) is 0.895. The first kappa shape index (κ1) is 28.5. The summed E-state index contributed by atoms with van der Waals surface area (Å²) in [6, 6.07) is 0. The topological polar surface area (TPSA) is 52.6 Å². The van der Waals surface area contributed by atoms with Crippen molar-refractivity contribution in [3.8, 4) is 0 Å². The molecule has 0 amide bonds. The zero-order valence-corrected chi connectivity index (χ0v) is 20.6. The predicted molar refractivity (Wildman–Crippen MR) is 102 cm³/mol. The zero-order valence-electron chi connectivity index (χ0n) is 17.6. The average Bonchev–Trinajstić information content (AvgIpc) is 2.56. The van der Waals surface area contributed by atoms with Crippen molar-refractivity contribution in [2.75, 3.05) is 13.2 Å². The second kappa shape index (κ2) is 21.5. The van der Waals surface area contributed by atoms with E-state index in [4.69, 9.17) is 4.18 Å². The van der Waals surface area contributed by atoms with Crippen LogP contribution in [0.1, 0.15) is 98.2 Å². The minimum absolute atomic E-state index is 0. The first-order chi connectivity index (χ1) is 11.6. The fourth-order valence-corrected chi connectivity index (χ4v) is 3.28. The van der Waals surface area contributed by atoms with E-state index in [2.05, 4.69) is 17.7 Å². The molecule has 0 spiro atoms. The molecular formula is C19H39KO4S. The molecule has 4 nitrogen and oxygen atoms in total. The molecular weight excluding hydrogens is 363 g/mol. The summed E-state index contributed by atoms with van der Waals surface area (Å²) in [4.78, 5) is 0. The van der Waals surface area contributed by atoms with Crippen LogP contribution in [0.2, 0.25) is 0 Å². The third kappa shape index (κ3) is 23.2. The number of hydrogen-bond donors (Lipinski definition) is 0. The van der Waals surface area contributed by atoms with Gasteiger partial charge in [-0.25, -0.2) is 8.37 Å². The first-order valence-corrected chi connectivity index (χ1v) is 11.1. The molecule has 25 heavy (non-hydrogen) atoms. The second-order valence-corrected chi connectivity index (χ2v) is 7.69. The van der Waals surface area contributed by atoms with Gasteiger partial charge in [0.2, 0.25) is 0 Å². The Morgan fingerprint density at radius 1 is 0.760 bits per heavy atom. The molecule has 0 atom stereocenters. The molecule has 0 aromatic heterocycles. The van der Waals surface area contributed by atoms with Crippen molar-refractivity contribution in [1.82, 2.24) is 0 Å². The van der Waals surface area contributed by atoms with Crippen LogP contribution < -0.4 is 51.4 Å². The largest absolute Gasteiger partial charge is 1.00 e. The van der Waals surface area contributed by atoms with Gasteiger partial charge in [0.1, 0.15) is 0 Å². The Morgan fingerprint density at radius 3 is 1.56 bits per heavy atom. The van der Waals surface area contributed by atoms with Crippen LogP contribution in [-0.2, 0) is 18.8 Å². The Hall–Kier alpha value is 1.25. The molecule has 0 fully saturated rings. The maximum Gasteiger partial charge on any atom is 1.00 e. The monoisotopic (exact) mass is 402 g/mol. The molecule has 0 aromatic rings. The van der Waals surface area contributed by atoms with E-state index in [1.165, 1.54) is 76.7 Å². The van der Waals surface area contributed by atoms with Crippen LogP contribution in [-0.4, -0.2) is 21.6 Å². The molecule has 0 aliphatic heterocycles. The van der Waals surface area contributed by atoms with Gasteiger partial charge in [0.25, 0.3) is 0 Å². The molecule has 0 radical (unpaired) electrons. The molecule has 0 bridgehead atoms. The smallest absolute Gasteiger partial charge is 1.00 e. The van der Waals surface area contributed by atoms with E-state index in [1.54, 1.807) is 0 Å². The SMILES string of the molecule is C=CCOS(=O)(=O)OCCCCCCCCCCCCCCCC.[H-].[K+]. The Bertz CT molecular complexity index is 378. The molecule has 0 aromatic carbocycles. The molecule has 146 valence electrons. The fourth-order valence-electron chi connectivity index (χ4n) is 2.62. The van der Waals surface area contributed by atoms with Crippen molar-refractivity contribution in [1.29, 1.82) is 0 Å². The standard InChI is InChI=1S/C19H38O4S.K.H/c1-3-5-6-7-8-9-10-11-12-13-14-15-16-17-19-23-24(20,21)22-18-4-2;;/h4H,2-3,5-19H2,1H3;;/q;+1;-1. The van der Waals surface area contributed by atoms with Gasteiger partial charge in [-0.05, 0) is 6.42 Å². The van der Waals surface area contributed by atoms with Crippen molar-refractivity contribution in [2.24, 2.45) is 0 Å². The van der Waals surface area contributed by atoms with Crippen LogP contribution in [0.15, 0.2) is 12.7 Å². The number of hydrogen-bond acceptors (Lipinski definition) is 4. The molecule has 0 aliphatic rings. The van der Waals surface area contributed by atoms with E-state index in [0.29, 0.717) is 0 Å². The van der Waals surface area contributed by atoms with Crippen molar-refractivity contribution >= 4 is 10.4 Å². The van der Waals surface area contributed by atoms with Crippen LogP contribution in [0.25, 0.3) is 0 Å². The van der Waals surface area contributed by atoms with E-state index in [1.807, 2.05) is 0 Å². The van der Waals surface area contributed by atoms with Gasteiger partial charge in [0.05, 0.1) is 13.2 Å². The quantitative estimate of drug-likeness (QED) is 0.189. The van der Waals surface area contributed by atoms with Gasteiger partial charge in [-0.3, -0.25) is 0 Å². The van der Waals surface area contributed by atoms with Crippen molar-refractivity contribution in [3.63, 3.8) is 0 Å². The van der Waals surface area contributed by atoms with Crippen LogP contribution in [0.4, 0.5) is 0 Å². The van der Waals surface area contributed by atoms with E-state index >= 15 is 0 Å². The second-order valence-electron chi connectivity index (χ2n) is 6.40. The zero-order chi connectivity index (χ0) is 17.9. The third-order valence-electron chi connectivity index (χ3n) is 4.06. The van der Waals surface area contributed by atoms with Crippen LogP contribution in [0.5, 0.6) is 0 Å². The van der Waals surface area contributed by atoms with Gasteiger partial charge < -0.3 is 1.43 Å². The summed E-state index contributed by atoms with van der Waals surface area (Å²) < 4.78 is 31.7. The minimum atomic E-state index is -3.83. The molecule has 0 unspecified atom stereocenters. The molecule has 0 aliphatic carbocycles. The molecule has 0 N–H and O–H groups in total. The molecule has 0 saturated carbocycles. The normalized spacial score (nSPS) is 11.2. The summed E-state index contributed by atoms with van der Waals surface area (Å²) in [5.41, 5.74) is 0. The van der Waals surface area contributed by atoms with E-state index in [0.717, 1.165) is 19.3 Å². The van der Waals surface area contributed by atoms with Crippen LogP contribution in [0, 0.1) is 0 Å². The predicted octanol–water partition coefficient (Wildman–Crippen LogP) is 3.05. The van der Waals surface area contributed by atoms with Crippen LogP contribution >= 0.6 is 0 Å². The van der Waals surface area contributed by atoms with E-state index in [-0.39, 0.29) is 66.0 Å². The van der Waals surface area contributed by atoms with Gasteiger partial charge in [-0.2, -0.15) is 8.42 Å². The molecule has 6 heteroatoms. The number of unbranched alkanes of at least 4 members (excludes halogenated alkanes) is 13. The summed E-state index contributed by atoms with van der Waals surface area (Å²) in [7, 11) is -3.83. The number of rotatable bonds is 19. The molecule has 0 heterocycles. The van der Waals surface area contributed by atoms with Crippen molar-refractivity contribution < 1.29 is 69.6 Å². The van der Waals surface area contributed by atoms with Gasteiger partial charge in [0, 0.05) is 0 Å². The summed E-state index contributed by atoms with van der Waals surface area (Å²) >= 11 is 0. The summed E-state index contributed by atoms with van der Waals surface area (Å²) in [5, 5.41) is 0. The molecule has 0 rings (SSSR count). The van der Waals surface area contributed by atoms with Gasteiger partial charge in [0.15, 0.2) is 0 Å². The van der Waals surface area contributed by atoms with E-state index in [9.17, 15) is 8.42 Å². The first-order valence-electron chi connectivity index (χ1n) is 9.77. The van der Waals surface area contributed by atoms with Gasteiger partial charge in [-0.15, -0.1) is 6.58 Å². The average molecular weight is 403 g/mol. The Morgan fingerprint density at radius 2 is 1.16 bits per heavy atom. The van der Waals surface area contributed by atoms with E-state index < -0.39 is 10.4 Å². The summed E-state index contributed by atoms with van der Waals surface area (Å²) in [6.45, 7) is 5.82.